The minimum absolute atomic E-state index is 0.216. The number of hydrogen-bond acceptors (Lipinski definition) is 5. The molecule has 0 bridgehead atoms. The maximum atomic E-state index is 12.4. The molecule has 3 heterocycles. The van der Waals surface area contributed by atoms with E-state index >= 15 is 0 Å². The lowest BCUT2D eigenvalue weighted by atomic mass is 10.2. The second-order valence-corrected chi connectivity index (χ2v) is 6.26. The second kappa shape index (κ2) is 6.79. The summed E-state index contributed by atoms with van der Waals surface area (Å²) in [5, 5.41) is 6.88. The van der Waals surface area contributed by atoms with Gasteiger partial charge in [-0.1, -0.05) is 11.6 Å². The van der Waals surface area contributed by atoms with Crippen LogP contribution in [0.15, 0.2) is 36.5 Å². The summed E-state index contributed by atoms with van der Waals surface area (Å²) in [5.41, 5.74) is 1.78. The highest BCUT2D eigenvalue weighted by Gasteiger charge is 2.32. The molecule has 0 spiro atoms. The number of benzene rings is 1. The van der Waals surface area contributed by atoms with Crippen LogP contribution in [0.4, 0.5) is 13.2 Å². The molecule has 144 valence electrons. The third-order valence-corrected chi connectivity index (χ3v) is 4.25. The van der Waals surface area contributed by atoms with Gasteiger partial charge in [-0.15, -0.1) is 13.2 Å². The first-order valence-electron chi connectivity index (χ1n) is 8.05. The summed E-state index contributed by atoms with van der Waals surface area (Å²) >= 11 is 5.89. The number of carbonyl (C=O) groups is 1. The zero-order chi connectivity index (χ0) is 19.9. The van der Waals surface area contributed by atoms with E-state index in [1.54, 1.807) is 16.8 Å². The number of nitrogens with one attached hydrogen (secondary N) is 1. The Bertz CT molecular complexity index is 1070. The molecular formula is C17H11ClF3N5O2. The zero-order valence-electron chi connectivity index (χ0n) is 14.0. The Kier molecular flexibility index (Phi) is 4.42. The van der Waals surface area contributed by atoms with Gasteiger partial charge in [-0.2, -0.15) is 5.10 Å². The number of fused-ring (bicyclic) bond motifs is 1. The minimum atomic E-state index is -4.84. The van der Waals surface area contributed by atoms with Gasteiger partial charge in [0, 0.05) is 18.3 Å². The van der Waals surface area contributed by atoms with Crippen LogP contribution < -0.4 is 10.1 Å². The fraction of sp³-hybridized carbons (Fsp3) is 0.176. The van der Waals surface area contributed by atoms with Crippen molar-refractivity contribution in [1.82, 2.24) is 25.1 Å². The van der Waals surface area contributed by atoms with E-state index in [1.807, 2.05) is 0 Å². The van der Waals surface area contributed by atoms with Crippen LogP contribution in [0, 0.1) is 0 Å². The van der Waals surface area contributed by atoms with Crippen molar-refractivity contribution in [2.75, 3.05) is 6.54 Å². The summed E-state index contributed by atoms with van der Waals surface area (Å²) in [6, 6.07) is 7.00. The Labute approximate surface area is 161 Å². The van der Waals surface area contributed by atoms with E-state index in [0.717, 1.165) is 6.07 Å². The molecule has 1 aliphatic rings. The molecule has 28 heavy (non-hydrogen) atoms. The third kappa shape index (κ3) is 3.63. The number of ether oxygens (including phenoxy) is 1. The van der Waals surface area contributed by atoms with Gasteiger partial charge in [0.25, 0.3) is 5.91 Å². The van der Waals surface area contributed by atoms with Gasteiger partial charge >= 0.3 is 6.36 Å². The molecule has 0 unspecified atom stereocenters. The predicted molar refractivity (Wildman–Crippen MR) is 92.7 cm³/mol. The number of rotatable bonds is 3. The second-order valence-electron chi connectivity index (χ2n) is 5.85. The van der Waals surface area contributed by atoms with Crippen molar-refractivity contribution in [3.8, 4) is 28.5 Å². The third-order valence-electron chi connectivity index (χ3n) is 3.96. The molecule has 0 aliphatic carbocycles. The summed E-state index contributed by atoms with van der Waals surface area (Å²) in [7, 11) is 0. The first kappa shape index (κ1) is 18.2. The van der Waals surface area contributed by atoms with Crippen molar-refractivity contribution in [2.24, 2.45) is 0 Å². The van der Waals surface area contributed by atoms with Gasteiger partial charge in [0.05, 0.1) is 17.3 Å². The molecule has 11 heteroatoms. The van der Waals surface area contributed by atoms with Crippen LogP contribution in [0.25, 0.3) is 22.8 Å². The summed E-state index contributed by atoms with van der Waals surface area (Å²) in [6.07, 6.45) is -3.35. The van der Waals surface area contributed by atoms with E-state index in [4.69, 9.17) is 11.6 Å². The summed E-state index contributed by atoms with van der Waals surface area (Å²) in [6.45, 7) is 1.04. The van der Waals surface area contributed by atoms with Crippen molar-refractivity contribution in [3.05, 3.63) is 47.2 Å². The molecule has 2 aromatic heterocycles. The topological polar surface area (TPSA) is 81.9 Å². The van der Waals surface area contributed by atoms with Crippen LogP contribution in [0.2, 0.25) is 5.02 Å². The first-order valence-corrected chi connectivity index (χ1v) is 8.43. The fourth-order valence-corrected chi connectivity index (χ4v) is 2.97. The van der Waals surface area contributed by atoms with Gasteiger partial charge in [-0.25, -0.2) is 9.97 Å². The van der Waals surface area contributed by atoms with Gasteiger partial charge in [-0.3, -0.25) is 9.48 Å². The predicted octanol–water partition coefficient (Wildman–Crippen LogP) is 3.30. The normalized spacial score (nSPS) is 13.8. The number of halogens is 4. The Morgan fingerprint density at radius 2 is 2.00 bits per heavy atom. The highest BCUT2D eigenvalue weighted by Crippen LogP contribution is 2.33. The maximum absolute atomic E-state index is 12.4. The SMILES string of the molecule is O=C1NCCn2nc(-c3ccnc(-c4ccc(OC(F)(F)F)c(Cl)c4)n3)cc21. The van der Waals surface area contributed by atoms with E-state index in [9.17, 15) is 18.0 Å². The molecule has 0 saturated heterocycles. The van der Waals surface area contributed by atoms with Gasteiger partial charge in [0.1, 0.15) is 17.1 Å². The van der Waals surface area contributed by atoms with E-state index in [0.29, 0.717) is 35.7 Å². The van der Waals surface area contributed by atoms with E-state index in [1.165, 1.54) is 18.3 Å². The maximum Gasteiger partial charge on any atom is 0.573 e. The lowest BCUT2D eigenvalue weighted by molar-refractivity contribution is -0.274. The molecule has 1 aliphatic heterocycles. The van der Waals surface area contributed by atoms with Gasteiger partial charge in [0.2, 0.25) is 0 Å². The summed E-state index contributed by atoms with van der Waals surface area (Å²) in [4.78, 5) is 20.4. The number of alkyl halides is 3. The number of aromatic nitrogens is 4. The molecule has 0 saturated carbocycles. The van der Waals surface area contributed by atoms with Gasteiger partial charge in [0.15, 0.2) is 5.82 Å². The number of hydrogen-bond donors (Lipinski definition) is 1. The Balaban J connectivity index is 1.66. The van der Waals surface area contributed by atoms with Crippen molar-refractivity contribution in [3.63, 3.8) is 0 Å². The highest BCUT2D eigenvalue weighted by molar-refractivity contribution is 6.32. The molecule has 0 radical (unpaired) electrons. The molecule has 1 amide bonds. The Morgan fingerprint density at radius 1 is 1.18 bits per heavy atom. The Morgan fingerprint density at radius 3 is 2.71 bits per heavy atom. The largest absolute Gasteiger partial charge is 0.573 e. The van der Waals surface area contributed by atoms with E-state index in [-0.39, 0.29) is 16.8 Å². The van der Waals surface area contributed by atoms with Crippen LogP contribution in [-0.4, -0.2) is 38.6 Å². The lowest BCUT2D eigenvalue weighted by Crippen LogP contribution is -2.35. The van der Waals surface area contributed by atoms with Gasteiger partial charge in [-0.05, 0) is 30.3 Å². The zero-order valence-corrected chi connectivity index (χ0v) is 14.8. The number of nitrogens with zero attached hydrogens (tertiary/aromatic N) is 4. The molecule has 4 rings (SSSR count). The molecule has 3 aromatic rings. The van der Waals surface area contributed by atoms with E-state index < -0.39 is 12.1 Å². The smallest absolute Gasteiger partial charge is 0.404 e. The lowest BCUT2D eigenvalue weighted by Gasteiger charge is -2.13. The molecule has 1 N–H and O–H groups in total. The molecule has 7 nitrogen and oxygen atoms in total. The van der Waals surface area contributed by atoms with Crippen molar-refractivity contribution in [2.45, 2.75) is 12.9 Å². The molecular weight excluding hydrogens is 399 g/mol. The number of carbonyl (C=O) groups excluding carboxylic acids is 1. The first-order chi connectivity index (χ1) is 13.3. The molecule has 1 aromatic carbocycles. The Hall–Kier alpha value is -3.14. The highest BCUT2D eigenvalue weighted by atomic mass is 35.5. The van der Waals surface area contributed by atoms with Gasteiger partial charge < -0.3 is 10.1 Å². The van der Waals surface area contributed by atoms with Crippen LogP contribution in [-0.2, 0) is 6.54 Å². The number of amides is 1. The minimum Gasteiger partial charge on any atom is -0.404 e. The quantitative estimate of drug-likeness (QED) is 0.717. The standard InChI is InChI=1S/C17H11ClF3N5O2/c18-10-7-9(1-2-14(10)28-17(19,20)21)15-22-4-3-11(24-15)12-8-13-16(27)23-5-6-26(13)25-12/h1-4,7-8H,5-6H2,(H,23,27). The molecule has 0 fully saturated rings. The fourth-order valence-electron chi connectivity index (χ4n) is 2.75. The summed E-state index contributed by atoms with van der Waals surface area (Å²) < 4.78 is 42.5. The van der Waals surface area contributed by atoms with Crippen molar-refractivity contribution < 1.29 is 22.7 Å². The average molecular weight is 410 g/mol. The monoisotopic (exact) mass is 409 g/mol. The van der Waals surface area contributed by atoms with E-state index in [2.05, 4.69) is 25.1 Å². The van der Waals surface area contributed by atoms with Crippen molar-refractivity contribution in [1.29, 1.82) is 0 Å². The van der Waals surface area contributed by atoms with Crippen LogP contribution in [0.3, 0.4) is 0 Å². The molecule has 0 atom stereocenters. The van der Waals surface area contributed by atoms with Crippen LogP contribution >= 0.6 is 11.6 Å². The van der Waals surface area contributed by atoms with Crippen LogP contribution in [0.1, 0.15) is 10.5 Å². The van der Waals surface area contributed by atoms with Crippen molar-refractivity contribution >= 4 is 17.5 Å². The summed E-state index contributed by atoms with van der Waals surface area (Å²) in [5.74, 6) is -0.485. The average Bonchev–Trinajstić information content (AvgIpc) is 3.08. The van der Waals surface area contributed by atoms with Crippen LogP contribution in [0.5, 0.6) is 5.75 Å².